The minimum absolute atomic E-state index is 0. The van der Waals surface area contributed by atoms with Crippen LogP contribution in [0.4, 0.5) is 8.78 Å². The lowest BCUT2D eigenvalue weighted by Crippen LogP contribution is -2.30. The van der Waals surface area contributed by atoms with Gasteiger partial charge in [0, 0.05) is 32.1 Å². The third kappa shape index (κ3) is 4.83. The number of hydrogen-bond acceptors (Lipinski definition) is 3. The minimum Gasteiger partial charge on any atom is -0.493 e. The molecule has 0 amide bonds. The predicted molar refractivity (Wildman–Crippen MR) is 109 cm³/mol. The largest absolute Gasteiger partial charge is 0.493 e. The summed E-state index contributed by atoms with van der Waals surface area (Å²) in [5.41, 5.74) is 10.9. The molecule has 1 aliphatic carbocycles. The van der Waals surface area contributed by atoms with Gasteiger partial charge in [-0.25, -0.2) is 8.78 Å². The summed E-state index contributed by atoms with van der Waals surface area (Å²) in [6.07, 6.45) is 0.905. The second-order valence-electron chi connectivity index (χ2n) is 7.89. The van der Waals surface area contributed by atoms with Crippen LogP contribution in [0.15, 0.2) is 42.5 Å². The Labute approximate surface area is 171 Å². The molecule has 152 valence electrons. The Kier molecular flexibility index (Phi) is 6.28. The Bertz CT molecular complexity index is 811. The molecule has 3 nitrogen and oxygen atoms in total. The van der Waals surface area contributed by atoms with Gasteiger partial charge in [0.15, 0.2) is 0 Å². The second kappa shape index (κ2) is 8.36. The van der Waals surface area contributed by atoms with Crippen LogP contribution in [0.1, 0.15) is 41.6 Å². The maximum absolute atomic E-state index is 13.0. The van der Waals surface area contributed by atoms with Crippen LogP contribution >= 0.6 is 12.4 Å². The first-order valence-electron chi connectivity index (χ1n) is 9.60. The van der Waals surface area contributed by atoms with Crippen LogP contribution in [-0.2, 0) is 19.5 Å². The quantitative estimate of drug-likeness (QED) is 0.751. The SMILES string of the molecule is C[C@H](N)c1ccc(CN2CCc3cc(OCC4CC4(F)F)ccc3C2)cc1.Cl. The maximum Gasteiger partial charge on any atom is 0.255 e. The number of rotatable bonds is 6. The van der Waals surface area contributed by atoms with E-state index in [0.29, 0.717) is 5.75 Å². The number of nitrogens with zero attached hydrogens (tertiary/aromatic N) is 1. The van der Waals surface area contributed by atoms with Crippen LogP contribution in [0, 0.1) is 5.92 Å². The van der Waals surface area contributed by atoms with Gasteiger partial charge in [0.1, 0.15) is 5.75 Å². The Hall–Kier alpha value is -1.69. The average Bonchev–Trinajstić information content (AvgIpc) is 3.27. The van der Waals surface area contributed by atoms with Gasteiger partial charge in [0.2, 0.25) is 0 Å². The van der Waals surface area contributed by atoms with Gasteiger partial charge < -0.3 is 10.5 Å². The zero-order chi connectivity index (χ0) is 19.0. The summed E-state index contributed by atoms with van der Waals surface area (Å²) < 4.78 is 31.5. The summed E-state index contributed by atoms with van der Waals surface area (Å²) in [5.74, 6) is -2.43. The van der Waals surface area contributed by atoms with E-state index in [1.54, 1.807) is 0 Å². The zero-order valence-electron chi connectivity index (χ0n) is 16.0. The number of halogens is 3. The van der Waals surface area contributed by atoms with E-state index in [1.165, 1.54) is 16.7 Å². The summed E-state index contributed by atoms with van der Waals surface area (Å²) >= 11 is 0. The van der Waals surface area contributed by atoms with Crippen molar-refractivity contribution in [3.63, 3.8) is 0 Å². The summed E-state index contributed by atoms with van der Waals surface area (Å²) in [6.45, 7) is 4.88. The van der Waals surface area contributed by atoms with Crippen molar-refractivity contribution in [2.24, 2.45) is 11.7 Å². The molecule has 0 spiro atoms. The number of alkyl halides is 2. The normalized spacial score (nSPS) is 21.4. The maximum atomic E-state index is 13.0. The summed E-state index contributed by atoms with van der Waals surface area (Å²) in [6, 6.07) is 14.6. The van der Waals surface area contributed by atoms with Crippen molar-refractivity contribution < 1.29 is 13.5 Å². The monoisotopic (exact) mass is 408 g/mol. The Morgan fingerprint density at radius 1 is 1.18 bits per heavy atom. The van der Waals surface area contributed by atoms with E-state index in [2.05, 4.69) is 35.2 Å². The zero-order valence-corrected chi connectivity index (χ0v) is 16.9. The highest BCUT2D eigenvalue weighted by Crippen LogP contribution is 2.48. The molecule has 0 bridgehead atoms. The van der Waals surface area contributed by atoms with Crippen molar-refractivity contribution in [2.45, 2.75) is 44.8 Å². The van der Waals surface area contributed by atoms with Gasteiger partial charge in [0.25, 0.3) is 5.92 Å². The van der Waals surface area contributed by atoms with E-state index in [9.17, 15) is 8.78 Å². The number of fused-ring (bicyclic) bond motifs is 1. The first-order valence-corrected chi connectivity index (χ1v) is 9.60. The van der Waals surface area contributed by atoms with E-state index in [0.717, 1.165) is 31.6 Å². The Balaban J connectivity index is 0.00000225. The number of hydrogen-bond donors (Lipinski definition) is 1. The van der Waals surface area contributed by atoms with E-state index >= 15 is 0 Å². The molecule has 4 rings (SSSR count). The molecule has 2 aromatic rings. The molecule has 1 aliphatic heterocycles. The lowest BCUT2D eigenvalue weighted by molar-refractivity contribution is 0.0856. The first-order chi connectivity index (χ1) is 12.9. The standard InChI is InChI=1S/C22H26F2N2O.ClH/c1-15(25)17-4-2-16(3-5-17)12-26-9-8-18-10-21(7-6-19(18)13-26)27-14-20-11-22(20,23)24;/h2-7,10,15,20H,8-9,11-14,25H2,1H3;1H/t15-,20?;/m0./s1. The lowest BCUT2D eigenvalue weighted by atomic mass is 9.98. The first kappa shape index (κ1) is 21.0. The molecule has 28 heavy (non-hydrogen) atoms. The molecule has 2 aromatic carbocycles. The van der Waals surface area contributed by atoms with Crippen molar-refractivity contribution in [3.8, 4) is 5.75 Å². The molecule has 1 saturated carbocycles. The Morgan fingerprint density at radius 2 is 1.89 bits per heavy atom. The van der Waals surface area contributed by atoms with E-state index in [1.807, 2.05) is 19.1 Å². The third-order valence-electron chi connectivity index (χ3n) is 5.59. The van der Waals surface area contributed by atoms with Gasteiger partial charge in [-0.2, -0.15) is 0 Å². The van der Waals surface area contributed by atoms with Crippen LogP contribution in [0.5, 0.6) is 5.75 Å². The molecule has 1 unspecified atom stereocenters. The van der Waals surface area contributed by atoms with Gasteiger partial charge in [-0.1, -0.05) is 30.3 Å². The minimum atomic E-state index is -2.52. The van der Waals surface area contributed by atoms with Crippen LogP contribution in [0.3, 0.4) is 0 Å². The molecule has 6 heteroatoms. The van der Waals surface area contributed by atoms with E-state index in [-0.39, 0.29) is 31.5 Å². The third-order valence-corrected chi connectivity index (χ3v) is 5.59. The van der Waals surface area contributed by atoms with Crippen LogP contribution in [-0.4, -0.2) is 24.0 Å². The highest BCUT2D eigenvalue weighted by atomic mass is 35.5. The van der Waals surface area contributed by atoms with Crippen molar-refractivity contribution in [3.05, 3.63) is 64.7 Å². The highest BCUT2D eigenvalue weighted by Gasteiger charge is 2.57. The number of ether oxygens (including phenoxy) is 1. The number of benzene rings is 2. The van der Waals surface area contributed by atoms with Gasteiger partial charge in [0.05, 0.1) is 12.5 Å². The van der Waals surface area contributed by atoms with E-state index in [4.69, 9.17) is 10.5 Å². The lowest BCUT2D eigenvalue weighted by Gasteiger charge is -2.29. The summed E-state index contributed by atoms with van der Waals surface area (Å²) in [4.78, 5) is 2.43. The van der Waals surface area contributed by atoms with Gasteiger partial charge in [-0.3, -0.25) is 4.90 Å². The van der Waals surface area contributed by atoms with E-state index < -0.39 is 11.8 Å². The molecule has 0 radical (unpaired) electrons. The Morgan fingerprint density at radius 3 is 2.54 bits per heavy atom. The highest BCUT2D eigenvalue weighted by molar-refractivity contribution is 5.85. The smallest absolute Gasteiger partial charge is 0.255 e. The summed E-state index contributed by atoms with van der Waals surface area (Å²) in [7, 11) is 0. The van der Waals surface area contributed by atoms with Crippen LogP contribution in [0.2, 0.25) is 0 Å². The van der Waals surface area contributed by atoms with Gasteiger partial charge in [-0.05, 0) is 47.7 Å². The fraction of sp³-hybridized carbons (Fsp3) is 0.455. The second-order valence-corrected chi connectivity index (χ2v) is 7.89. The molecule has 1 heterocycles. The molecule has 0 saturated heterocycles. The molecule has 1 fully saturated rings. The molecular weight excluding hydrogens is 382 g/mol. The summed E-state index contributed by atoms with van der Waals surface area (Å²) in [5, 5.41) is 0. The molecule has 2 atom stereocenters. The van der Waals surface area contributed by atoms with Gasteiger partial charge in [-0.15, -0.1) is 12.4 Å². The fourth-order valence-electron chi connectivity index (χ4n) is 3.64. The fourth-order valence-corrected chi connectivity index (χ4v) is 3.64. The topological polar surface area (TPSA) is 38.5 Å². The predicted octanol–water partition coefficient (Wildman–Crippen LogP) is 4.72. The average molecular weight is 409 g/mol. The van der Waals surface area contributed by atoms with Crippen LogP contribution < -0.4 is 10.5 Å². The van der Waals surface area contributed by atoms with Crippen molar-refractivity contribution in [1.82, 2.24) is 4.90 Å². The van der Waals surface area contributed by atoms with Crippen molar-refractivity contribution >= 4 is 12.4 Å². The van der Waals surface area contributed by atoms with Crippen LogP contribution in [0.25, 0.3) is 0 Å². The molecular formula is C22H27ClF2N2O. The number of nitrogens with two attached hydrogens (primary N) is 1. The molecule has 0 aromatic heterocycles. The van der Waals surface area contributed by atoms with Crippen molar-refractivity contribution in [1.29, 1.82) is 0 Å². The molecule has 2 N–H and O–H groups in total. The van der Waals surface area contributed by atoms with Crippen molar-refractivity contribution in [2.75, 3.05) is 13.2 Å². The van der Waals surface area contributed by atoms with Gasteiger partial charge >= 0.3 is 0 Å². The molecule has 2 aliphatic rings.